The third-order valence-electron chi connectivity index (χ3n) is 2.94. The Balaban J connectivity index is 1.97. The van der Waals surface area contributed by atoms with Crippen LogP contribution in [-0.4, -0.2) is 20.6 Å². The highest BCUT2D eigenvalue weighted by molar-refractivity contribution is 7.79. The van der Waals surface area contributed by atoms with Crippen LogP contribution in [0.1, 0.15) is 15.9 Å². The van der Waals surface area contributed by atoms with E-state index in [-0.39, 0.29) is 17.2 Å². The third-order valence-corrected chi connectivity index (χ3v) is 3.62. The molecule has 2 aromatic rings. The number of anilines is 1. The van der Waals surface area contributed by atoms with E-state index in [1.165, 1.54) is 24.3 Å². The molecule has 0 saturated carbocycles. The Labute approximate surface area is 129 Å². The number of nitrogens with one attached hydrogen (secondary N) is 1. The Morgan fingerprint density at radius 1 is 1.05 bits per heavy atom. The van der Waals surface area contributed by atoms with Crippen LogP contribution in [0, 0.1) is 0 Å². The van der Waals surface area contributed by atoms with Crippen molar-refractivity contribution in [1.82, 2.24) is 0 Å². The number of hydrogen-bond acceptors (Lipinski definition) is 3. The maximum absolute atomic E-state index is 11.9. The molecule has 0 heterocycles. The molecule has 0 aliphatic carbocycles. The summed E-state index contributed by atoms with van der Waals surface area (Å²) in [5.74, 6) is -0.760. The van der Waals surface area contributed by atoms with Crippen LogP contribution < -0.4 is 11.1 Å². The Morgan fingerprint density at radius 3 is 2.14 bits per heavy atom. The number of amides is 2. The molecule has 0 aromatic heterocycles. The second-order valence-corrected chi connectivity index (χ2v) is 5.53. The Morgan fingerprint density at radius 2 is 1.64 bits per heavy atom. The number of carbonyl (C=O) groups excluding carboxylic acids is 2. The SMILES string of the molecule is NC(=O)c1ccc(NC(=O)Cc2ccc(S(=O)O)cc2)cc1. The van der Waals surface area contributed by atoms with Gasteiger partial charge < -0.3 is 15.6 Å². The molecule has 4 N–H and O–H groups in total. The van der Waals surface area contributed by atoms with Gasteiger partial charge in [0.1, 0.15) is 0 Å². The second kappa shape index (κ2) is 6.97. The fourth-order valence-electron chi connectivity index (χ4n) is 1.83. The first-order valence-electron chi connectivity index (χ1n) is 6.35. The summed E-state index contributed by atoms with van der Waals surface area (Å²) in [5, 5.41) is 2.69. The maximum Gasteiger partial charge on any atom is 0.248 e. The molecule has 0 saturated heterocycles. The zero-order valence-electron chi connectivity index (χ0n) is 11.5. The highest BCUT2D eigenvalue weighted by atomic mass is 32.2. The van der Waals surface area contributed by atoms with E-state index in [2.05, 4.69) is 5.32 Å². The minimum Gasteiger partial charge on any atom is -0.366 e. The molecule has 2 amide bonds. The number of hydrogen-bond donors (Lipinski definition) is 3. The molecule has 114 valence electrons. The van der Waals surface area contributed by atoms with Gasteiger partial charge >= 0.3 is 0 Å². The number of primary amides is 1. The van der Waals surface area contributed by atoms with Crippen LogP contribution in [-0.2, 0) is 22.3 Å². The predicted octanol–water partition coefficient (Wildman–Crippen LogP) is 1.55. The van der Waals surface area contributed by atoms with Crippen molar-refractivity contribution in [2.75, 3.05) is 5.32 Å². The first-order chi connectivity index (χ1) is 10.5. The van der Waals surface area contributed by atoms with Gasteiger partial charge in [0.05, 0.1) is 11.3 Å². The molecule has 7 heteroatoms. The van der Waals surface area contributed by atoms with E-state index in [1.807, 2.05) is 0 Å². The van der Waals surface area contributed by atoms with Crippen molar-refractivity contribution >= 4 is 28.6 Å². The third kappa shape index (κ3) is 4.24. The lowest BCUT2D eigenvalue weighted by molar-refractivity contribution is -0.115. The minimum atomic E-state index is -2.03. The molecule has 1 unspecified atom stereocenters. The predicted molar refractivity (Wildman–Crippen MR) is 82.8 cm³/mol. The van der Waals surface area contributed by atoms with E-state index >= 15 is 0 Å². The summed E-state index contributed by atoms with van der Waals surface area (Å²) in [7, 11) is 0. The summed E-state index contributed by atoms with van der Waals surface area (Å²) in [4.78, 5) is 23.1. The molecule has 0 bridgehead atoms. The van der Waals surface area contributed by atoms with E-state index in [0.29, 0.717) is 11.3 Å². The van der Waals surface area contributed by atoms with Gasteiger partial charge in [-0.2, -0.15) is 0 Å². The molecule has 0 aliphatic heterocycles. The number of rotatable bonds is 5. The van der Waals surface area contributed by atoms with E-state index in [1.54, 1.807) is 24.3 Å². The van der Waals surface area contributed by atoms with Gasteiger partial charge in [-0.3, -0.25) is 9.59 Å². The molecule has 2 aromatic carbocycles. The van der Waals surface area contributed by atoms with Gasteiger partial charge in [-0.1, -0.05) is 12.1 Å². The first-order valence-corrected chi connectivity index (χ1v) is 7.46. The molecular weight excluding hydrogens is 304 g/mol. The quantitative estimate of drug-likeness (QED) is 0.726. The van der Waals surface area contributed by atoms with Crippen LogP contribution in [0.4, 0.5) is 5.69 Å². The lowest BCUT2D eigenvalue weighted by Gasteiger charge is -2.06. The van der Waals surface area contributed by atoms with Crippen molar-refractivity contribution in [3.63, 3.8) is 0 Å². The standard InChI is InChI=1S/C15H14N2O4S/c16-15(19)11-3-5-12(6-4-11)17-14(18)9-10-1-7-13(8-2-10)22(20)21/h1-8H,9H2,(H2,16,19)(H,17,18)(H,20,21). The van der Waals surface area contributed by atoms with Crippen molar-refractivity contribution in [1.29, 1.82) is 0 Å². The number of carbonyl (C=O) groups is 2. The largest absolute Gasteiger partial charge is 0.366 e. The minimum absolute atomic E-state index is 0.135. The van der Waals surface area contributed by atoms with E-state index < -0.39 is 17.0 Å². The second-order valence-electron chi connectivity index (χ2n) is 4.56. The lowest BCUT2D eigenvalue weighted by Crippen LogP contribution is -2.15. The van der Waals surface area contributed by atoms with Crippen LogP contribution in [0.5, 0.6) is 0 Å². The van der Waals surface area contributed by atoms with Crippen molar-refractivity contribution in [2.45, 2.75) is 11.3 Å². The van der Waals surface area contributed by atoms with Crippen LogP contribution in [0.2, 0.25) is 0 Å². The summed E-state index contributed by atoms with van der Waals surface area (Å²) in [6, 6.07) is 12.5. The van der Waals surface area contributed by atoms with Crippen LogP contribution in [0.25, 0.3) is 0 Å². The molecule has 2 rings (SSSR count). The van der Waals surface area contributed by atoms with E-state index in [9.17, 15) is 13.8 Å². The highest BCUT2D eigenvalue weighted by Gasteiger charge is 2.06. The average molecular weight is 318 g/mol. The van der Waals surface area contributed by atoms with Crippen molar-refractivity contribution in [3.05, 3.63) is 59.7 Å². The van der Waals surface area contributed by atoms with Gasteiger partial charge in [-0.15, -0.1) is 0 Å². The molecule has 0 spiro atoms. The maximum atomic E-state index is 11.9. The van der Waals surface area contributed by atoms with Crippen LogP contribution in [0.15, 0.2) is 53.4 Å². The topological polar surface area (TPSA) is 109 Å². The van der Waals surface area contributed by atoms with E-state index in [0.717, 1.165) is 5.56 Å². The molecular formula is C15H14N2O4S. The van der Waals surface area contributed by atoms with Crippen molar-refractivity contribution < 1.29 is 18.4 Å². The zero-order valence-corrected chi connectivity index (χ0v) is 12.3. The lowest BCUT2D eigenvalue weighted by atomic mass is 10.1. The van der Waals surface area contributed by atoms with Gasteiger partial charge in [0.15, 0.2) is 11.1 Å². The normalized spacial score (nSPS) is 11.7. The van der Waals surface area contributed by atoms with Gasteiger partial charge in [-0.05, 0) is 42.0 Å². The molecule has 0 aliphatic rings. The highest BCUT2D eigenvalue weighted by Crippen LogP contribution is 2.11. The molecule has 0 fully saturated rings. The summed E-state index contributed by atoms with van der Waals surface area (Å²) < 4.78 is 19.8. The van der Waals surface area contributed by atoms with E-state index in [4.69, 9.17) is 10.3 Å². The number of benzene rings is 2. The Hall–Kier alpha value is -2.51. The van der Waals surface area contributed by atoms with Gasteiger partial charge in [0.25, 0.3) is 0 Å². The monoisotopic (exact) mass is 318 g/mol. The number of nitrogens with two attached hydrogens (primary N) is 1. The molecule has 0 radical (unpaired) electrons. The first kappa shape index (κ1) is 15.9. The summed E-state index contributed by atoms with van der Waals surface area (Å²) >= 11 is -2.03. The van der Waals surface area contributed by atoms with Crippen LogP contribution >= 0.6 is 0 Å². The summed E-state index contributed by atoms with van der Waals surface area (Å²) in [6.45, 7) is 0. The molecule has 6 nitrogen and oxygen atoms in total. The Bertz CT molecular complexity index is 650. The molecule has 1 atom stereocenters. The summed E-state index contributed by atoms with van der Waals surface area (Å²) in [5.41, 5.74) is 6.78. The van der Waals surface area contributed by atoms with Gasteiger partial charge in [0, 0.05) is 11.3 Å². The van der Waals surface area contributed by atoms with Crippen molar-refractivity contribution in [2.24, 2.45) is 5.73 Å². The van der Waals surface area contributed by atoms with Crippen LogP contribution in [0.3, 0.4) is 0 Å². The van der Waals surface area contributed by atoms with Gasteiger partial charge in [0.2, 0.25) is 11.8 Å². The van der Waals surface area contributed by atoms with Crippen molar-refractivity contribution in [3.8, 4) is 0 Å². The Kier molecular flexibility index (Phi) is 5.03. The van der Waals surface area contributed by atoms with Gasteiger partial charge in [-0.25, -0.2) is 4.21 Å². The summed E-state index contributed by atoms with van der Waals surface area (Å²) in [6.07, 6.45) is 0.135. The fraction of sp³-hybridized carbons (Fsp3) is 0.0667. The fourth-order valence-corrected chi connectivity index (χ4v) is 2.20. The smallest absolute Gasteiger partial charge is 0.248 e. The molecule has 22 heavy (non-hydrogen) atoms. The average Bonchev–Trinajstić information content (AvgIpc) is 2.48. The zero-order chi connectivity index (χ0) is 16.1.